The smallest absolute Gasteiger partial charge is 0.293 e. The van der Waals surface area contributed by atoms with E-state index in [1.54, 1.807) is 30.5 Å². The zero-order valence-electron chi connectivity index (χ0n) is 36.1. The lowest BCUT2D eigenvalue weighted by Crippen LogP contribution is -2.48. The Bertz CT molecular complexity index is 2620. The first-order chi connectivity index (χ1) is 31.0. The van der Waals surface area contributed by atoms with Crippen LogP contribution in [-0.2, 0) is 19.5 Å². The van der Waals surface area contributed by atoms with E-state index in [-0.39, 0.29) is 28.3 Å². The molecule has 3 N–H and O–H groups in total. The molecule has 2 aromatic heterocycles. The zero-order chi connectivity index (χ0) is 44.8. The number of pyridine rings is 1. The summed E-state index contributed by atoms with van der Waals surface area (Å²) >= 11 is 6.26. The average molecular weight is 913 g/mol. The Balaban J connectivity index is 0.00000276. The average Bonchev–Trinajstić information content (AvgIpc) is 3.77. The number of allylic oxidation sites excluding steroid dienone is 1. The Labute approximate surface area is 378 Å². The summed E-state index contributed by atoms with van der Waals surface area (Å²) in [5.74, 6) is -0.206. The minimum absolute atomic E-state index is 0.0389. The third kappa shape index (κ3) is 10.2. The molecule has 0 atom stereocenters. The maximum atomic E-state index is 13.9. The Kier molecular flexibility index (Phi) is 13.9. The number of aromatic amines is 1. The number of halogens is 1. The number of sulfonamides is 1. The number of piperazine rings is 1. The number of amides is 1. The van der Waals surface area contributed by atoms with Gasteiger partial charge in [0.05, 0.1) is 34.8 Å². The van der Waals surface area contributed by atoms with Crippen molar-refractivity contribution in [2.45, 2.75) is 50.8 Å². The molecule has 17 heteroatoms. The molecule has 64 heavy (non-hydrogen) atoms. The van der Waals surface area contributed by atoms with Gasteiger partial charge in [-0.1, -0.05) is 43.2 Å². The van der Waals surface area contributed by atoms with E-state index in [2.05, 4.69) is 41.9 Å². The SMILES string of the molecule is CC.O=C(NS(=O)(=O)c1ccc(NCC2CCOCC2)c([N+](=O)[O-])c1)c1ccc(N2CCN(CC3=C(c4ccc(Cl)cc4)CC4(CC3)COC4)CC2)cc1Oc1cnc2[nH]ccc2c1. The van der Waals surface area contributed by atoms with Gasteiger partial charge < -0.3 is 29.4 Å². The quantitative estimate of drug-likeness (QED) is 0.0757. The van der Waals surface area contributed by atoms with E-state index in [0.717, 1.165) is 100 Å². The molecule has 0 saturated carbocycles. The highest BCUT2D eigenvalue weighted by molar-refractivity contribution is 7.90. The van der Waals surface area contributed by atoms with E-state index in [1.807, 2.05) is 32.0 Å². The van der Waals surface area contributed by atoms with Crippen molar-refractivity contribution in [2.24, 2.45) is 11.3 Å². The van der Waals surface area contributed by atoms with Crippen LogP contribution in [0.1, 0.15) is 61.9 Å². The number of fused-ring (bicyclic) bond motifs is 1. The third-order valence-electron chi connectivity index (χ3n) is 12.5. The molecule has 3 aliphatic heterocycles. The number of anilines is 2. The molecule has 5 aromatic rings. The highest BCUT2D eigenvalue weighted by Crippen LogP contribution is 2.48. The summed E-state index contributed by atoms with van der Waals surface area (Å²) in [6.45, 7) is 11.3. The summed E-state index contributed by atoms with van der Waals surface area (Å²) in [7, 11) is -4.56. The van der Waals surface area contributed by atoms with Crippen molar-refractivity contribution < 1.29 is 32.3 Å². The van der Waals surface area contributed by atoms with Gasteiger partial charge in [-0.3, -0.25) is 19.8 Å². The molecule has 0 bridgehead atoms. The number of aromatic nitrogens is 2. The molecule has 0 radical (unpaired) electrons. The van der Waals surface area contributed by atoms with Crippen molar-refractivity contribution in [2.75, 3.05) is 75.9 Å². The van der Waals surface area contributed by atoms with E-state index in [4.69, 9.17) is 25.8 Å². The van der Waals surface area contributed by atoms with Gasteiger partial charge >= 0.3 is 0 Å². The van der Waals surface area contributed by atoms with Gasteiger partial charge in [-0.15, -0.1) is 0 Å². The number of benzene rings is 3. The maximum Gasteiger partial charge on any atom is 0.293 e. The van der Waals surface area contributed by atoms with Crippen molar-refractivity contribution in [3.05, 3.63) is 117 Å². The fraction of sp³-hybridized carbons (Fsp3) is 0.404. The van der Waals surface area contributed by atoms with Crippen LogP contribution in [0.2, 0.25) is 5.02 Å². The van der Waals surface area contributed by atoms with Crippen LogP contribution in [-0.4, -0.2) is 99.8 Å². The van der Waals surface area contributed by atoms with Gasteiger partial charge in [-0.05, 0) is 97.7 Å². The van der Waals surface area contributed by atoms with Crippen molar-refractivity contribution in [1.82, 2.24) is 19.6 Å². The topological polar surface area (TPSA) is 181 Å². The summed E-state index contributed by atoms with van der Waals surface area (Å²) in [4.78, 5) is 37.1. The number of carbonyl (C=O) groups is 1. The third-order valence-corrected chi connectivity index (χ3v) is 14.1. The maximum absolute atomic E-state index is 13.9. The van der Waals surface area contributed by atoms with Crippen LogP contribution in [0.25, 0.3) is 16.6 Å². The van der Waals surface area contributed by atoms with E-state index >= 15 is 0 Å². The highest BCUT2D eigenvalue weighted by atomic mass is 35.5. The number of ether oxygens (including phenoxy) is 3. The molecule has 4 aliphatic rings. The van der Waals surface area contributed by atoms with E-state index in [0.29, 0.717) is 31.2 Å². The molecule has 1 amide bonds. The molecule has 3 fully saturated rings. The highest BCUT2D eigenvalue weighted by Gasteiger charge is 2.42. The first-order valence-electron chi connectivity index (χ1n) is 22.0. The minimum Gasteiger partial charge on any atom is -0.455 e. The molecule has 5 heterocycles. The van der Waals surface area contributed by atoms with Gasteiger partial charge in [-0.2, -0.15) is 0 Å². The Morgan fingerprint density at radius 1 is 1.00 bits per heavy atom. The predicted octanol–water partition coefficient (Wildman–Crippen LogP) is 8.68. The van der Waals surface area contributed by atoms with Crippen LogP contribution in [0.5, 0.6) is 11.5 Å². The summed E-state index contributed by atoms with van der Waals surface area (Å²) in [6.07, 6.45) is 8.08. The van der Waals surface area contributed by atoms with Crippen LogP contribution >= 0.6 is 11.6 Å². The van der Waals surface area contributed by atoms with Gasteiger partial charge in [0.15, 0.2) is 0 Å². The molecule has 3 aromatic carbocycles. The number of hydrogen-bond donors (Lipinski definition) is 3. The molecule has 3 saturated heterocycles. The number of nitrogens with one attached hydrogen (secondary N) is 3. The van der Waals surface area contributed by atoms with Crippen LogP contribution in [0.3, 0.4) is 0 Å². The molecule has 0 unspecified atom stereocenters. The lowest BCUT2D eigenvalue weighted by atomic mass is 9.69. The molecule has 1 spiro atoms. The summed E-state index contributed by atoms with van der Waals surface area (Å²) in [6, 6.07) is 20.4. The second-order valence-corrected chi connectivity index (χ2v) is 18.8. The fourth-order valence-electron chi connectivity index (χ4n) is 8.86. The second kappa shape index (κ2) is 19.7. The number of nitro groups is 1. The molecular weight excluding hydrogens is 858 g/mol. The number of carbonyl (C=O) groups excluding carboxylic acids is 1. The summed E-state index contributed by atoms with van der Waals surface area (Å²) in [5.41, 5.74) is 5.51. The molecular formula is C47H54ClN7O8S. The number of rotatable bonds is 13. The zero-order valence-corrected chi connectivity index (χ0v) is 37.7. The van der Waals surface area contributed by atoms with Gasteiger partial charge in [0, 0.05) is 92.3 Å². The summed E-state index contributed by atoms with van der Waals surface area (Å²) in [5, 5.41) is 16.7. The second-order valence-electron chi connectivity index (χ2n) is 16.7. The van der Waals surface area contributed by atoms with Gasteiger partial charge in [-0.25, -0.2) is 18.1 Å². The largest absolute Gasteiger partial charge is 0.455 e. The molecule has 338 valence electrons. The van der Waals surface area contributed by atoms with Crippen molar-refractivity contribution in [3.8, 4) is 11.5 Å². The van der Waals surface area contributed by atoms with Crippen LogP contribution in [0.15, 0.2) is 95.7 Å². The van der Waals surface area contributed by atoms with E-state index in [9.17, 15) is 23.3 Å². The number of hydrogen-bond acceptors (Lipinski definition) is 12. The van der Waals surface area contributed by atoms with Gasteiger partial charge in [0.25, 0.3) is 21.6 Å². The molecule has 15 nitrogen and oxygen atoms in total. The predicted molar refractivity (Wildman–Crippen MR) is 248 cm³/mol. The number of H-pyrrole nitrogens is 1. The first kappa shape index (κ1) is 45.1. The van der Waals surface area contributed by atoms with E-state index in [1.165, 1.54) is 35.0 Å². The fourth-order valence-corrected chi connectivity index (χ4v) is 9.97. The van der Waals surface area contributed by atoms with Gasteiger partial charge in [0.1, 0.15) is 22.8 Å². The van der Waals surface area contributed by atoms with Gasteiger partial charge in [0.2, 0.25) is 0 Å². The first-order valence-corrected chi connectivity index (χ1v) is 23.8. The summed E-state index contributed by atoms with van der Waals surface area (Å²) < 4.78 is 46.9. The molecule has 1 aliphatic carbocycles. The number of nitro benzene ring substituents is 1. The number of nitrogens with zero attached hydrogens (tertiary/aromatic N) is 4. The monoisotopic (exact) mass is 911 g/mol. The molecule has 9 rings (SSSR count). The Hall–Kier alpha value is -5.52. The standard InChI is InChI=1S/C45H48ClN7O8S.C2H6/c46-34-3-1-31(2-4-34)39-24-45(28-60-29-45)13-9-33(39)27-51-15-17-52(18-16-51)35-5-7-38(42(22-35)61-36-21-32-10-14-47-43(32)49-26-36)44(54)50-62(57,58)37-6-8-40(41(23-37)53(55)56)48-25-30-11-19-59-20-12-30;1-2/h1-8,10,14,21-23,26,30,48H,9,11-13,15-20,24-25,27-29H2,(H,47,49)(H,50,54);1-2H3. The lowest BCUT2D eigenvalue weighted by molar-refractivity contribution is -0.384. The van der Waals surface area contributed by atoms with Crippen LogP contribution < -0.4 is 19.7 Å². The van der Waals surface area contributed by atoms with Crippen molar-refractivity contribution in [1.29, 1.82) is 0 Å². The minimum atomic E-state index is -4.56. The Morgan fingerprint density at radius 2 is 1.77 bits per heavy atom. The van der Waals surface area contributed by atoms with E-state index < -0.39 is 31.4 Å². The van der Waals surface area contributed by atoms with Crippen LogP contribution in [0, 0.1) is 21.4 Å². The van der Waals surface area contributed by atoms with Crippen molar-refractivity contribution >= 4 is 61.2 Å². The van der Waals surface area contributed by atoms with Crippen molar-refractivity contribution in [3.63, 3.8) is 0 Å². The Morgan fingerprint density at radius 3 is 2.48 bits per heavy atom. The lowest BCUT2D eigenvalue weighted by Gasteiger charge is -2.46. The van der Waals surface area contributed by atoms with Crippen LogP contribution in [0.4, 0.5) is 17.1 Å². The normalized spacial score (nSPS) is 18.0.